The third-order valence-electron chi connectivity index (χ3n) is 3.22. The summed E-state index contributed by atoms with van der Waals surface area (Å²) < 4.78 is 0. The molecule has 15 heavy (non-hydrogen) atoms. The summed E-state index contributed by atoms with van der Waals surface area (Å²) in [4.78, 5) is 2.59. The van der Waals surface area contributed by atoms with Gasteiger partial charge in [-0.1, -0.05) is 27.7 Å². The number of hydrogen-bond acceptors (Lipinski definition) is 2. The summed E-state index contributed by atoms with van der Waals surface area (Å²) in [5.41, 5.74) is 6.01. The van der Waals surface area contributed by atoms with Crippen molar-refractivity contribution in [1.82, 2.24) is 4.90 Å². The Morgan fingerprint density at radius 3 is 1.87 bits per heavy atom. The fourth-order valence-corrected chi connectivity index (χ4v) is 2.13. The van der Waals surface area contributed by atoms with Crippen LogP contribution >= 0.6 is 0 Å². The highest BCUT2D eigenvalue weighted by molar-refractivity contribution is 4.87. The summed E-state index contributed by atoms with van der Waals surface area (Å²) in [5.74, 6) is 0.705. The lowest BCUT2D eigenvalue weighted by atomic mass is 9.96. The van der Waals surface area contributed by atoms with Crippen molar-refractivity contribution in [3.05, 3.63) is 0 Å². The van der Waals surface area contributed by atoms with Crippen LogP contribution in [-0.2, 0) is 0 Å². The molecular formula is C13H30N2. The average Bonchev–Trinajstić information content (AvgIpc) is 2.17. The molecule has 0 unspecified atom stereocenters. The van der Waals surface area contributed by atoms with Gasteiger partial charge in [-0.2, -0.15) is 0 Å². The lowest BCUT2D eigenvalue weighted by Crippen LogP contribution is -2.55. The van der Waals surface area contributed by atoms with Crippen LogP contribution in [0.2, 0.25) is 0 Å². The molecule has 0 aromatic heterocycles. The highest BCUT2D eigenvalue weighted by Gasteiger charge is 2.30. The molecule has 0 amide bonds. The smallest absolute Gasteiger partial charge is 0.0278 e. The van der Waals surface area contributed by atoms with E-state index in [1.807, 2.05) is 0 Å². The summed E-state index contributed by atoms with van der Waals surface area (Å²) in [7, 11) is 0. The van der Waals surface area contributed by atoms with E-state index < -0.39 is 0 Å². The van der Waals surface area contributed by atoms with Crippen LogP contribution in [0.1, 0.15) is 54.4 Å². The van der Waals surface area contributed by atoms with Crippen molar-refractivity contribution in [3.63, 3.8) is 0 Å². The van der Waals surface area contributed by atoms with Crippen LogP contribution in [0.5, 0.6) is 0 Å². The second-order valence-electron chi connectivity index (χ2n) is 5.53. The van der Waals surface area contributed by atoms with Crippen molar-refractivity contribution in [2.24, 2.45) is 11.7 Å². The van der Waals surface area contributed by atoms with Crippen molar-refractivity contribution in [1.29, 1.82) is 0 Å². The Morgan fingerprint density at radius 2 is 1.60 bits per heavy atom. The Hall–Kier alpha value is -0.0800. The molecule has 0 rings (SSSR count). The van der Waals surface area contributed by atoms with Crippen molar-refractivity contribution < 1.29 is 0 Å². The van der Waals surface area contributed by atoms with Gasteiger partial charge in [0.25, 0.3) is 0 Å². The molecule has 0 fully saturated rings. The minimum Gasteiger partial charge on any atom is -0.329 e. The summed E-state index contributed by atoms with van der Waals surface area (Å²) in [6, 6.07) is 0.672. The van der Waals surface area contributed by atoms with Gasteiger partial charge in [-0.05, 0) is 32.6 Å². The average molecular weight is 214 g/mol. The number of hydrogen-bond donors (Lipinski definition) is 1. The minimum atomic E-state index is 0.126. The van der Waals surface area contributed by atoms with Gasteiger partial charge in [-0.3, -0.25) is 4.90 Å². The van der Waals surface area contributed by atoms with E-state index in [-0.39, 0.29) is 5.54 Å². The molecule has 2 nitrogen and oxygen atoms in total. The Bertz CT molecular complexity index is 160. The zero-order chi connectivity index (χ0) is 12.1. The topological polar surface area (TPSA) is 29.3 Å². The summed E-state index contributed by atoms with van der Waals surface area (Å²) >= 11 is 0. The van der Waals surface area contributed by atoms with E-state index in [9.17, 15) is 0 Å². The standard InChI is InChI=1S/C13H30N2/c1-7-12(8-2)15(9-11(3)4)13(5,6)10-14/h11-12H,7-10,14H2,1-6H3. The second-order valence-corrected chi connectivity index (χ2v) is 5.53. The van der Waals surface area contributed by atoms with Crippen LogP contribution in [-0.4, -0.2) is 29.6 Å². The molecule has 92 valence electrons. The molecule has 0 aliphatic heterocycles. The molecule has 2 N–H and O–H groups in total. The molecule has 0 aromatic rings. The van der Waals surface area contributed by atoms with Gasteiger partial charge < -0.3 is 5.73 Å². The zero-order valence-electron chi connectivity index (χ0n) is 11.5. The molecule has 0 aromatic carbocycles. The number of nitrogens with two attached hydrogens (primary N) is 1. The van der Waals surface area contributed by atoms with Gasteiger partial charge in [0.1, 0.15) is 0 Å². The normalized spacial score (nSPS) is 13.2. The fraction of sp³-hybridized carbons (Fsp3) is 1.00. The molecule has 0 saturated heterocycles. The van der Waals surface area contributed by atoms with Gasteiger partial charge in [0, 0.05) is 24.7 Å². The first-order chi connectivity index (χ1) is 6.88. The highest BCUT2D eigenvalue weighted by Crippen LogP contribution is 2.22. The first-order valence-corrected chi connectivity index (χ1v) is 6.35. The van der Waals surface area contributed by atoms with E-state index in [0.29, 0.717) is 12.0 Å². The zero-order valence-corrected chi connectivity index (χ0v) is 11.5. The molecule has 0 aliphatic rings. The first kappa shape index (κ1) is 14.9. The van der Waals surface area contributed by atoms with Gasteiger partial charge in [-0.25, -0.2) is 0 Å². The summed E-state index contributed by atoms with van der Waals surface area (Å²) in [6.45, 7) is 15.5. The van der Waals surface area contributed by atoms with E-state index in [4.69, 9.17) is 5.73 Å². The van der Waals surface area contributed by atoms with E-state index in [1.54, 1.807) is 0 Å². The Labute approximate surface area is 96.2 Å². The molecule has 0 heterocycles. The van der Waals surface area contributed by atoms with Crippen LogP contribution < -0.4 is 5.73 Å². The van der Waals surface area contributed by atoms with Crippen molar-refractivity contribution in [2.75, 3.05) is 13.1 Å². The number of rotatable bonds is 7. The van der Waals surface area contributed by atoms with E-state index >= 15 is 0 Å². The molecular weight excluding hydrogens is 184 g/mol. The van der Waals surface area contributed by atoms with Crippen LogP contribution in [0, 0.1) is 5.92 Å². The van der Waals surface area contributed by atoms with Crippen molar-refractivity contribution in [2.45, 2.75) is 66.0 Å². The molecule has 0 atom stereocenters. The predicted octanol–water partition coefficient (Wildman–Crippen LogP) is 2.87. The Balaban J connectivity index is 4.70. The predicted molar refractivity (Wildman–Crippen MR) is 69.0 cm³/mol. The Kier molecular flexibility index (Phi) is 6.46. The van der Waals surface area contributed by atoms with Crippen LogP contribution in [0.4, 0.5) is 0 Å². The highest BCUT2D eigenvalue weighted by atomic mass is 15.2. The van der Waals surface area contributed by atoms with Crippen LogP contribution in [0.25, 0.3) is 0 Å². The van der Waals surface area contributed by atoms with Gasteiger partial charge >= 0.3 is 0 Å². The SMILES string of the molecule is CCC(CC)N(CC(C)C)C(C)(C)CN. The summed E-state index contributed by atoms with van der Waals surface area (Å²) in [6.07, 6.45) is 2.43. The third-order valence-corrected chi connectivity index (χ3v) is 3.22. The lowest BCUT2D eigenvalue weighted by Gasteiger charge is -2.44. The van der Waals surface area contributed by atoms with E-state index in [0.717, 1.165) is 13.1 Å². The van der Waals surface area contributed by atoms with E-state index in [1.165, 1.54) is 12.8 Å². The minimum absolute atomic E-state index is 0.126. The molecule has 0 bridgehead atoms. The van der Waals surface area contributed by atoms with Gasteiger partial charge in [0.15, 0.2) is 0 Å². The molecule has 0 spiro atoms. The maximum Gasteiger partial charge on any atom is 0.0278 e. The van der Waals surface area contributed by atoms with Gasteiger partial charge in [0.05, 0.1) is 0 Å². The monoisotopic (exact) mass is 214 g/mol. The summed E-state index contributed by atoms with van der Waals surface area (Å²) in [5, 5.41) is 0. The number of nitrogens with zero attached hydrogens (tertiary/aromatic N) is 1. The molecule has 0 saturated carbocycles. The molecule has 0 radical (unpaired) electrons. The maximum atomic E-state index is 5.89. The van der Waals surface area contributed by atoms with Gasteiger partial charge in [-0.15, -0.1) is 0 Å². The largest absolute Gasteiger partial charge is 0.329 e. The quantitative estimate of drug-likeness (QED) is 0.706. The van der Waals surface area contributed by atoms with Crippen LogP contribution in [0.3, 0.4) is 0 Å². The van der Waals surface area contributed by atoms with Crippen molar-refractivity contribution in [3.8, 4) is 0 Å². The molecule has 2 heteroatoms. The second kappa shape index (κ2) is 6.49. The fourth-order valence-electron chi connectivity index (χ4n) is 2.13. The van der Waals surface area contributed by atoms with Crippen molar-refractivity contribution >= 4 is 0 Å². The van der Waals surface area contributed by atoms with E-state index in [2.05, 4.69) is 46.4 Å². The van der Waals surface area contributed by atoms with Gasteiger partial charge in [0.2, 0.25) is 0 Å². The maximum absolute atomic E-state index is 5.89. The lowest BCUT2D eigenvalue weighted by molar-refractivity contribution is 0.0566. The third kappa shape index (κ3) is 4.52. The molecule has 0 aliphatic carbocycles. The Morgan fingerprint density at radius 1 is 1.13 bits per heavy atom. The first-order valence-electron chi connectivity index (χ1n) is 6.35. The van der Waals surface area contributed by atoms with Crippen LogP contribution in [0.15, 0.2) is 0 Å².